The predicted octanol–water partition coefficient (Wildman–Crippen LogP) is 5.67. The standard InChI is InChI=1S/C32H26/c1-7-9-23-15-29-27(13-21(23)5)28-14-22(6)24(10-8-2)16-30(28)32-18-26-20(4)12-11-19(3)25(26)17-31(29)32/h7-18H,1-2,5-6H2,3-4H3/b23-9-,24-10-. The Labute approximate surface area is 188 Å². The first-order chi connectivity index (χ1) is 15.4. The number of fused-ring (bicyclic) bond motifs is 7. The summed E-state index contributed by atoms with van der Waals surface area (Å²) >= 11 is 0. The smallest absolute Gasteiger partial charge is 0.00922 e. The van der Waals surface area contributed by atoms with Crippen LogP contribution in [-0.4, -0.2) is 0 Å². The van der Waals surface area contributed by atoms with E-state index < -0.39 is 0 Å². The van der Waals surface area contributed by atoms with Crippen molar-refractivity contribution in [2.45, 2.75) is 13.8 Å². The van der Waals surface area contributed by atoms with Crippen molar-refractivity contribution < 1.29 is 0 Å². The molecule has 5 rings (SSSR count). The maximum atomic E-state index is 4.31. The van der Waals surface area contributed by atoms with Crippen LogP contribution in [0.2, 0.25) is 0 Å². The molecular formula is C32H26. The van der Waals surface area contributed by atoms with Gasteiger partial charge in [0.1, 0.15) is 0 Å². The van der Waals surface area contributed by atoms with Crippen LogP contribution in [0.3, 0.4) is 0 Å². The number of benzene rings is 5. The van der Waals surface area contributed by atoms with Crippen molar-refractivity contribution in [3.8, 4) is 0 Å². The molecule has 0 heterocycles. The fourth-order valence-corrected chi connectivity index (χ4v) is 4.91. The molecule has 0 bridgehead atoms. The van der Waals surface area contributed by atoms with Gasteiger partial charge in [-0.05, 0) is 125 Å². The quantitative estimate of drug-likeness (QED) is 0.260. The van der Waals surface area contributed by atoms with E-state index in [2.05, 4.69) is 88.7 Å². The molecule has 0 aromatic heterocycles. The van der Waals surface area contributed by atoms with E-state index in [1.165, 1.54) is 54.2 Å². The molecule has 32 heavy (non-hydrogen) atoms. The molecule has 0 N–H and O–H groups in total. The number of allylic oxidation sites excluding steroid dienone is 2. The lowest BCUT2D eigenvalue weighted by Crippen LogP contribution is -2.24. The summed E-state index contributed by atoms with van der Waals surface area (Å²) in [5.41, 5.74) is 2.59. The van der Waals surface area contributed by atoms with Crippen molar-refractivity contribution in [2.75, 3.05) is 0 Å². The minimum absolute atomic E-state index is 0.998. The summed E-state index contributed by atoms with van der Waals surface area (Å²) in [6, 6.07) is 18.1. The molecule has 0 aliphatic rings. The van der Waals surface area contributed by atoms with Crippen LogP contribution in [-0.2, 0) is 0 Å². The Morgan fingerprint density at radius 3 is 1.22 bits per heavy atom. The molecule has 0 radical (unpaired) electrons. The van der Waals surface area contributed by atoms with Gasteiger partial charge in [0, 0.05) is 0 Å². The third-order valence-corrected chi connectivity index (χ3v) is 6.61. The van der Waals surface area contributed by atoms with Crippen molar-refractivity contribution in [3.63, 3.8) is 0 Å². The highest BCUT2D eigenvalue weighted by molar-refractivity contribution is 6.27. The lowest BCUT2D eigenvalue weighted by atomic mass is 9.89. The summed E-state index contributed by atoms with van der Waals surface area (Å²) in [5, 5.41) is 14.2. The Bertz CT molecular complexity index is 1710. The van der Waals surface area contributed by atoms with E-state index in [9.17, 15) is 0 Å². The number of hydrogen-bond donors (Lipinski definition) is 0. The second-order valence-electron chi connectivity index (χ2n) is 8.64. The second kappa shape index (κ2) is 7.35. The van der Waals surface area contributed by atoms with Crippen molar-refractivity contribution in [3.05, 3.63) is 106 Å². The Kier molecular flexibility index (Phi) is 4.60. The third kappa shape index (κ3) is 2.92. The van der Waals surface area contributed by atoms with Crippen LogP contribution in [0.25, 0.3) is 68.4 Å². The number of rotatable bonds is 2. The van der Waals surface area contributed by atoms with Gasteiger partial charge < -0.3 is 0 Å². The molecular weight excluding hydrogens is 384 g/mol. The number of hydrogen-bond acceptors (Lipinski definition) is 0. The van der Waals surface area contributed by atoms with Crippen LogP contribution in [0.1, 0.15) is 11.1 Å². The first-order valence-electron chi connectivity index (χ1n) is 10.9. The van der Waals surface area contributed by atoms with Crippen LogP contribution in [0.4, 0.5) is 0 Å². The summed E-state index contributed by atoms with van der Waals surface area (Å²) in [5.74, 6) is 0. The van der Waals surface area contributed by atoms with E-state index >= 15 is 0 Å². The van der Waals surface area contributed by atoms with Gasteiger partial charge in [-0.25, -0.2) is 0 Å². The maximum absolute atomic E-state index is 4.31. The normalized spacial score (nSPS) is 12.9. The molecule has 0 heteroatoms. The topological polar surface area (TPSA) is 0 Å². The maximum Gasteiger partial charge on any atom is -0.00922 e. The molecule has 5 aromatic carbocycles. The van der Waals surface area contributed by atoms with Gasteiger partial charge in [-0.1, -0.05) is 62.8 Å². The third-order valence-electron chi connectivity index (χ3n) is 6.61. The summed E-state index contributed by atoms with van der Waals surface area (Å²) in [6.07, 6.45) is 7.72. The molecule has 0 saturated carbocycles. The van der Waals surface area contributed by atoms with Gasteiger partial charge in [-0.15, -0.1) is 0 Å². The first-order valence-corrected chi connectivity index (χ1v) is 10.9. The van der Waals surface area contributed by atoms with E-state index in [-0.39, 0.29) is 0 Å². The highest BCUT2D eigenvalue weighted by atomic mass is 14.2. The van der Waals surface area contributed by atoms with Crippen molar-refractivity contribution >= 4 is 68.4 Å². The molecule has 0 aliphatic heterocycles. The summed E-state index contributed by atoms with van der Waals surface area (Å²) in [4.78, 5) is 0. The molecule has 0 fully saturated rings. The lowest BCUT2D eigenvalue weighted by Gasteiger charge is -2.14. The summed E-state index contributed by atoms with van der Waals surface area (Å²) in [7, 11) is 0. The van der Waals surface area contributed by atoms with Crippen LogP contribution in [0.15, 0.2) is 73.8 Å². The fourth-order valence-electron chi connectivity index (χ4n) is 4.91. The largest absolute Gasteiger partial charge is 0.0990 e. The van der Waals surface area contributed by atoms with E-state index in [0.717, 1.165) is 20.9 Å². The molecule has 154 valence electrons. The molecule has 0 saturated heterocycles. The Morgan fingerprint density at radius 2 is 0.844 bits per heavy atom. The molecule has 0 spiro atoms. The Hall–Kier alpha value is -3.90. The molecule has 0 aliphatic carbocycles. The zero-order chi connectivity index (χ0) is 22.6. The summed E-state index contributed by atoms with van der Waals surface area (Å²) < 4.78 is 0. The minimum Gasteiger partial charge on any atom is -0.0990 e. The van der Waals surface area contributed by atoms with Gasteiger partial charge in [0.15, 0.2) is 0 Å². The van der Waals surface area contributed by atoms with Gasteiger partial charge in [-0.2, -0.15) is 0 Å². The second-order valence-corrected chi connectivity index (χ2v) is 8.64. The average Bonchev–Trinajstić information content (AvgIpc) is 2.78. The Balaban J connectivity index is 2.19. The SMILES string of the molecule is C=C/C=c1/cc2c(cc1=C)c1cc(=C)/c(=C\C=C)cc1c1cc3c(C)ccc(C)c3cc21. The minimum atomic E-state index is 0.998. The van der Waals surface area contributed by atoms with E-state index in [4.69, 9.17) is 0 Å². The molecule has 5 aromatic rings. The van der Waals surface area contributed by atoms with Crippen LogP contribution in [0.5, 0.6) is 0 Å². The summed E-state index contributed by atoms with van der Waals surface area (Å²) in [6.45, 7) is 20.8. The van der Waals surface area contributed by atoms with Crippen LogP contribution < -0.4 is 20.9 Å². The van der Waals surface area contributed by atoms with Crippen LogP contribution >= 0.6 is 0 Å². The highest BCUT2D eigenvalue weighted by Crippen LogP contribution is 2.36. The van der Waals surface area contributed by atoms with Gasteiger partial charge in [0.2, 0.25) is 0 Å². The first kappa shape index (κ1) is 20.0. The fraction of sp³-hybridized carbons (Fsp3) is 0.0625. The number of aryl methyl sites for hydroxylation is 2. The van der Waals surface area contributed by atoms with Crippen LogP contribution in [0, 0.1) is 13.8 Å². The molecule has 0 nitrogen and oxygen atoms in total. The van der Waals surface area contributed by atoms with E-state index in [1.54, 1.807) is 0 Å². The zero-order valence-corrected chi connectivity index (χ0v) is 18.8. The van der Waals surface area contributed by atoms with Crippen molar-refractivity contribution in [1.82, 2.24) is 0 Å². The predicted molar refractivity (Wildman–Crippen MR) is 145 cm³/mol. The van der Waals surface area contributed by atoms with Gasteiger partial charge in [0.25, 0.3) is 0 Å². The zero-order valence-electron chi connectivity index (χ0n) is 18.8. The average molecular weight is 411 g/mol. The van der Waals surface area contributed by atoms with E-state index in [0.29, 0.717) is 0 Å². The monoisotopic (exact) mass is 410 g/mol. The van der Waals surface area contributed by atoms with Gasteiger partial charge in [0.05, 0.1) is 0 Å². The Morgan fingerprint density at radius 1 is 0.500 bits per heavy atom. The highest BCUT2D eigenvalue weighted by Gasteiger charge is 2.12. The lowest BCUT2D eigenvalue weighted by molar-refractivity contribution is 1.47. The molecule has 0 unspecified atom stereocenters. The van der Waals surface area contributed by atoms with Gasteiger partial charge >= 0.3 is 0 Å². The van der Waals surface area contributed by atoms with E-state index in [1.807, 2.05) is 24.3 Å². The van der Waals surface area contributed by atoms with Crippen molar-refractivity contribution in [2.24, 2.45) is 0 Å². The molecule has 0 amide bonds. The molecule has 0 atom stereocenters. The van der Waals surface area contributed by atoms with Gasteiger partial charge in [-0.3, -0.25) is 0 Å². The van der Waals surface area contributed by atoms with Crippen molar-refractivity contribution in [1.29, 1.82) is 0 Å².